The van der Waals surface area contributed by atoms with Gasteiger partial charge in [0.2, 0.25) is 10.0 Å². The zero-order valence-corrected chi connectivity index (χ0v) is 12.6. The van der Waals surface area contributed by atoms with Crippen LogP contribution in [0.4, 0.5) is 10.1 Å². The standard InChI is InChI=1S/C13H21FN2O2S/c1-5-6-13(3,4)16-19(17,18)10-7-9(2)12(14)11(15)8-10/h7-8,16H,5-6,15H2,1-4H3. The zero-order valence-electron chi connectivity index (χ0n) is 11.7. The Labute approximate surface area is 114 Å². The van der Waals surface area contributed by atoms with E-state index in [0.717, 1.165) is 12.5 Å². The van der Waals surface area contributed by atoms with Crippen molar-refractivity contribution in [3.63, 3.8) is 0 Å². The van der Waals surface area contributed by atoms with Crippen molar-refractivity contribution in [1.29, 1.82) is 0 Å². The van der Waals surface area contributed by atoms with Crippen molar-refractivity contribution in [2.75, 3.05) is 5.73 Å². The van der Waals surface area contributed by atoms with Gasteiger partial charge in [0.1, 0.15) is 5.82 Å². The van der Waals surface area contributed by atoms with Crippen molar-refractivity contribution in [1.82, 2.24) is 4.72 Å². The first-order valence-corrected chi connectivity index (χ1v) is 7.67. The molecule has 0 saturated carbocycles. The van der Waals surface area contributed by atoms with Gasteiger partial charge < -0.3 is 5.73 Å². The smallest absolute Gasteiger partial charge is 0.241 e. The Morgan fingerprint density at radius 2 is 1.95 bits per heavy atom. The fourth-order valence-electron chi connectivity index (χ4n) is 2.02. The highest BCUT2D eigenvalue weighted by molar-refractivity contribution is 7.89. The van der Waals surface area contributed by atoms with E-state index in [-0.39, 0.29) is 16.1 Å². The third-order valence-electron chi connectivity index (χ3n) is 2.85. The molecule has 6 heteroatoms. The SMILES string of the molecule is CCCC(C)(C)NS(=O)(=O)c1cc(C)c(F)c(N)c1. The molecule has 108 valence electrons. The number of benzene rings is 1. The summed E-state index contributed by atoms with van der Waals surface area (Å²) >= 11 is 0. The number of sulfonamides is 1. The van der Waals surface area contributed by atoms with Gasteiger partial charge in [0.15, 0.2) is 0 Å². The van der Waals surface area contributed by atoms with Crippen LogP contribution in [0.2, 0.25) is 0 Å². The molecule has 0 amide bonds. The summed E-state index contributed by atoms with van der Waals surface area (Å²) in [5.74, 6) is -0.577. The van der Waals surface area contributed by atoms with Crippen molar-refractivity contribution < 1.29 is 12.8 Å². The average molecular weight is 288 g/mol. The molecular weight excluding hydrogens is 267 g/mol. The van der Waals surface area contributed by atoms with Crippen LogP contribution in [-0.2, 0) is 10.0 Å². The first-order chi connectivity index (χ1) is 8.59. The second-order valence-corrected chi connectivity index (χ2v) is 7.07. The van der Waals surface area contributed by atoms with Gasteiger partial charge in [-0.15, -0.1) is 0 Å². The topological polar surface area (TPSA) is 72.2 Å². The van der Waals surface area contributed by atoms with Crippen LogP contribution in [0.5, 0.6) is 0 Å². The molecule has 0 aliphatic heterocycles. The Kier molecular flexibility index (Phi) is 4.58. The Hall–Kier alpha value is -1.14. The summed E-state index contributed by atoms with van der Waals surface area (Å²) < 4.78 is 40.5. The van der Waals surface area contributed by atoms with E-state index in [0.29, 0.717) is 6.42 Å². The molecule has 0 spiro atoms. The number of anilines is 1. The normalized spacial score (nSPS) is 12.7. The lowest BCUT2D eigenvalue weighted by Crippen LogP contribution is -2.43. The van der Waals surface area contributed by atoms with Gasteiger partial charge in [-0.1, -0.05) is 13.3 Å². The molecule has 0 bridgehead atoms. The van der Waals surface area contributed by atoms with Gasteiger partial charge in [0, 0.05) is 5.54 Å². The van der Waals surface area contributed by atoms with E-state index in [9.17, 15) is 12.8 Å². The Balaban J connectivity index is 3.15. The molecule has 1 aromatic rings. The highest BCUT2D eigenvalue weighted by Gasteiger charge is 2.26. The number of nitrogens with two attached hydrogens (primary N) is 1. The molecule has 19 heavy (non-hydrogen) atoms. The van der Waals surface area contributed by atoms with Gasteiger partial charge in [-0.3, -0.25) is 0 Å². The average Bonchev–Trinajstić information content (AvgIpc) is 2.23. The minimum Gasteiger partial charge on any atom is -0.396 e. The maximum absolute atomic E-state index is 13.4. The quantitative estimate of drug-likeness (QED) is 0.818. The second-order valence-electron chi connectivity index (χ2n) is 5.38. The number of aryl methyl sites for hydroxylation is 1. The highest BCUT2D eigenvalue weighted by Crippen LogP contribution is 2.23. The maximum Gasteiger partial charge on any atom is 0.241 e. The number of nitrogens with one attached hydrogen (secondary N) is 1. The van der Waals surface area contributed by atoms with Crippen molar-refractivity contribution in [2.45, 2.75) is 51.0 Å². The van der Waals surface area contributed by atoms with E-state index in [1.165, 1.54) is 13.0 Å². The maximum atomic E-state index is 13.4. The lowest BCUT2D eigenvalue weighted by atomic mass is 10.0. The molecule has 1 aromatic carbocycles. The fourth-order valence-corrected chi connectivity index (χ4v) is 3.58. The Morgan fingerprint density at radius 3 is 2.42 bits per heavy atom. The van der Waals surface area contributed by atoms with Crippen LogP contribution in [0.1, 0.15) is 39.2 Å². The molecule has 0 heterocycles. The molecule has 0 aliphatic carbocycles. The third-order valence-corrected chi connectivity index (χ3v) is 4.53. The predicted octanol–water partition coefficient (Wildman–Crippen LogP) is 2.57. The predicted molar refractivity (Wildman–Crippen MR) is 74.9 cm³/mol. The van der Waals surface area contributed by atoms with Crippen molar-refractivity contribution in [3.8, 4) is 0 Å². The molecule has 0 atom stereocenters. The largest absolute Gasteiger partial charge is 0.396 e. The van der Waals surface area contributed by atoms with Gasteiger partial charge in [0.25, 0.3) is 0 Å². The highest BCUT2D eigenvalue weighted by atomic mass is 32.2. The van der Waals surface area contributed by atoms with E-state index < -0.39 is 21.4 Å². The van der Waals surface area contributed by atoms with Crippen LogP contribution in [0, 0.1) is 12.7 Å². The molecule has 0 radical (unpaired) electrons. The zero-order chi connectivity index (χ0) is 14.8. The van der Waals surface area contributed by atoms with Gasteiger partial charge in [-0.05, 0) is 44.9 Å². The van der Waals surface area contributed by atoms with Gasteiger partial charge in [-0.2, -0.15) is 0 Å². The molecule has 0 aliphatic rings. The third kappa shape index (κ3) is 3.91. The molecule has 0 saturated heterocycles. The Bertz CT molecular complexity index is 545. The fraction of sp³-hybridized carbons (Fsp3) is 0.538. The summed E-state index contributed by atoms with van der Waals surface area (Å²) in [5.41, 5.74) is 4.98. The van der Waals surface area contributed by atoms with E-state index in [4.69, 9.17) is 5.73 Å². The van der Waals surface area contributed by atoms with E-state index in [1.54, 1.807) is 0 Å². The molecule has 0 fully saturated rings. The van der Waals surface area contributed by atoms with Gasteiger partial charge in [0.05, 0.1) is 10.6 Å². The van der Waals surface area contributed by atoms with Crippen molar-refractivity contribution in [3.05, 3.63) is 23.5 Å². The minimum atomic E-state index is -3.70. The lowest BCUT2D eigenvalue weighted by Gasteiger charge is -2.25. The minimum absolute atomic E-state index is 0.00641. The number of hydrogen-bond acceptors (Lipinski definition) is 3. The second kappa shape index (κ2) is 5.46. The van der Waals surface area contributed by atoms with Crippen LogP contribution in [0.3, 0.4) is 0 Å². The van der Waals surface area contributed by atoms with E-state index in [2.05, 4.69) is 4.72 Å². The van der Waals surface area contributed by atoms with E-state index in [1.807, 2.05) is 20.8 Å². The molecule has 0 aromatic heterocycles. The summed E-state index contributed by atoms with van der Waals surface area (Å²) in [6.07, 6.45) is 1.57. The first kappa shape index (κ1) is 15.9. The lowest BCUT2D eigenvalue weighted by molar-refractivity contribution is 0.417. The first-order valence-electron chi connectivity index (χ1n) is 6.18. The van der Waals surface area contributed by atoms with Crippen LogP contribution >= 0.6 is 0 Å². The molecule has 1 rings (SSSR count). The van der Waals surface area contributed by atoms with Crippen molar-refractivity contribution >= 4 is 15.7 Å². The molecule has 3 N–H and O–H groups in total. The van der Waals surface area contributed by atoms with Crippen LogP contribution in [0.15, 0.2) is 17.0 Å². The summed E-state index contributed by atoms with van der Waals surface area (Å²) in [7, 11) is -3.70. The summed E-state index contributed by atoms with van der Waals surface area (Å²) in [6, 6.07) is 2.43. The summed E-state index contributed by atoms with van der Waals surface area (Å²) in [6.45, 7) is 7.10. The monoisotopic (exact) mass is 288 g/mol. The van der Waals surface area contributed by atoms with Crippen LogP contribution in [-0.4, -0.2) is 14.0 Å². The number of halogens is 1. The Morgan fingerprint density at radius 1 is 1.37 bits per heavy atom. The molecule has 0 unspecified atom stereocenters. The van der Waals surface area contributed by atoms with Crippen LogP contribution in [0.25, 0.3) is 0 Å². The number of nitrogen functional groups attached to an aromatic ring is 1. The summed E-state index contributed by atoms with van der Waals surface area (Å²) in [4.78, 5) is -0.00641. The van der Waals surface area contributed by atoms with Gasteiger partial charge in [-0.25, -0.2) is 17.5 Å². The summed E-state index contributed by atoms with van der Waals surface area (Å²) in [5, 5.41) is 0. The van der Waals surface area contributed by atoms with Gasteiger partial charge >= 0.3 is 0 Å². The van der Waals surface area contributed by atoms with Crippen molar-refractivity contribution in [2.24, 2.45) is 0 Å². The molecular formula is C13H21FN2O2S. The molecule has 4 nitrogen and oxygen atoms in total. The number of hydrogen-bond donors (Lipinski definition) is 2. The number of rotatable bonds is 5. The van der Waals surface area contributed by atoms with Crippen LogP contribution < -0.4 is 10.5 Å². The van der Waals surface area contributed by atoms with E-state index >= 15 is 0 Å².